The summed E-state index contributed by atoms with van der Waals surface area (Å²) in [6.45, 7) is 12.7. The van der Waals surface area contributed by atoms with Crippen LogP contribution in [0.15, 0.2) is 24.3 Å². The summed E-state index contributed by atoms with van der Waals surface area (Å²) < 4.78 is 40.7. The lowest BCUT2D eigenvalue weighted by Gasteiger charge is -2.30. The summed E-state index contributed by atoms with van der Waals surface area (Å²) in [5.41, 5.74) is 0.669. The number of imidazole rings is 1. The average molecular weight is 581 g/mol. The Morgan fingerprint density at radius 3 is 2.38 bits per heavy atom. The maximum absolute atomic E-state index is 13.0. The van der Waals surface area contributed by atoms with Gasteiger partial charge in [0.2, 0.25) is 0 Å². The minimum Gasteiger partial charge on any atom is -0.412 e. The number of carbonyl (C=O) groups excluding carboxylic acids is 2. The van der Waals surface area contributed by atoms with Crippen molar-refractivity contribution in [3.63, 3.8) is 0 Å². The number of benzene rings is 1. The van der Waals surface area contributed by atoms with Crippen LogP contribution in [0, 0.1) is 10.8 Å². The SMILES string of the molecule is CCCCc1nc2c(NC(=O)C(F)(F)F)nc3ccccc3c2n1OCCCCSC(=O)C(C)(C)CC(C)(C)C. The third kappa shape index (κ3) is 8.11. The number of carbonyl (C=O) groups is 2. The van der Waals surface area contributed by atoms with Gasteiger partial charge in [-0.15, -0.1) is 0 Å². The van der Waals surface area contributed by atoms with Crippen molar-refractivity contribution < 1.29 is 27.6 Å². The molecule has 0 saturated carbocycles. The first-order valence-corrected chi connectivity index (χ1v) is 14.6. The highest BCUT2D eigenvalue weighted by atomic mass is 32.2. The Labute approximate surface area is 237 Å². The number of anilines is 1. The van der Waals surface area contributed by atoms with Gasteiger partial charge in [0.15, 0.2) is 10.9 Å². The third-order valence-electron chi connectivity index (χ3n) is 6.28. The zero-order chi connectivity index (χ0) is 29.7. The summed E-state index contributed by atoms with van der Waals surface area (Å²) in [5.74, 6) is -1.15. The van der Waals surface area contributed by atoms with Crippen molar-refractivity contribution in [1.29, 1.82) is 0 Å². The number of amides is 1. The van der Waals surface area contributed by atoms with Crippen LogP contribution in [0.4, 0.5) is 19.0 Å². The highest BCUT2D eigenvalue weighted by molar-refractivity contribution is 8.13. The predicted molar refractivity (Wildman–Crippen MR) is 154 cm³/mol. The zero-order valence-corrected chi connectivity index (χ0v) is 24.9. The second-order valence-corrected chi connectivity index (χ2v) is 12.9. The van der Waals surface area contributed by atoms with Crippen LogP contribution in [0.5, 0.6) is 0 Å². The highest BCUT2D eigenvalue weighted by Crippen LogP contribution is 2.37. The molecule has 0 bridgehead atoms. The third-order valence-corrected chi connectivity index (χ3v) is 7.59. The maximum atomic E-state index is 13.0. The number of aromatic nitrogens is 3. The lowest BCUT2D eigenvalue weighted by atomic mass is 9.77. The van der Waals surface area contributed by atoms with Gasteiger partial charge >= 0.3 is 12.1 Å². The van der Waals surface area contributed by atoms with Gasteiger partial charge in [-0.2, -0.15) is 17.9 Å². The number of aryl methyl sites for hydroxylation is 1. The lowest BCUT2D eigenvalue weighted by molar-refractivity contribution is -0.167. The van der Waals surface area contributed by atoms with E-state index in [9.17, 15) is 22.8 Å². The van der Waals surface area contributed by atoms with Crippen LogP contribution in [0.3, 0.4) is 0 Å². The van der Waals surface area contributed by atoms with Crippen LogP contribution < -0.4 is 10.2 Å². The van der Waals surface area contributed by atoms with Crippen LogP contribution in [0.2, 0.25) is 0 Å². The normalized spacial score (nSPS) is 12.7. The number of hydrogen-bond donors (Lipinski definition) is 1. The number of para-hydroxylation sites is 1. The molecule has 1 aromatic carbocycles. The van der Waals surface area contributed by atoms with Crippen LogP contribution in [-0.2, 0) is 16.0 Å². The maximum Gasteiger partial charge on any atom is 0.471 e. The quantitative estimate of drug-likeness (QED) is 0.225. The molecule has 1 N–H and O–H groups in total. The van der Waals surface area contributed by atoms with E-state index < -0.39 is 17.5 Å². The van der Waals surface area contributed by atoms with E-state index in [4.69, 9.17) is 4.84 Å². The molecule has 2 aromatic heterocycles. The number of halogens is 3. The molecule has 0 aliphatic heterocycles. The second-order valence-electron chi connectivity index (χ2n) is 11.9. The number of hydrogen-bond acceptors (Lipinski definition) is 6. The number of unbranched alkanes of at least 4 members (excludes halogenated alkanes) is 2. The zero-order valence-electron chi connectivity index (χ0n) is 24.1. The Morgan fingerprint density at radius 1 is 1.02 bits per heavy atom. The fourth-order valence-corrected chi connectivity index (χ4v) is 5.81. The molecule has 0 atom stereocenters. The van der Waals surface area contributed by atoms with E-state index in [1.54, 1.807) is 29.0 Å². The van der Waals surface area contributed by atoms with Gasteiger partial charge < -0.3 is 10.2 Å². The molecule has 11 heteroatoms. The number of thioether (sulfide) groups is 1. The van der Waals surface area contributed by atoms with Crippen LogP contribution in [0.25, 0.3) is 21.9 Å². The number of fused-ring (bicyclic) bond motifs is 3. The van der Waals surface area contributed by atoms with Crippen molar-refractivity contribution in [1.82, 2.24) is 14.7 Å². The molecule has 40 heavy (non-hydrogen) atoms. The van der Waals surface area contributed by atoms with E-state index >= 15 is 0 Å². The topological polar surface area (TPSA) is 86.1 Å². The molecule has 0 aliphatic carbocycles. The van der Waals surface area contributed by atoms with E-state index in [1.165, 1.54) is 11.8 Å². The highest BCUT2D eigenvalue weighted by Gasteiger charge is 2.39. The van der Waals surface area contributed by atoms with Gasteiger partial charge in [0.05, 0.1) is 5.52 Å². The Hall–Kier alpha value is -2.82. The molecule has 3 aromatic rings. The van der Waals surface area contributed by atoms with Crippen molar-refractivity contribution in [2.75, 3.05) is 17.7 Å². The Morgan fingerprint density at radius 2 is 1.73 bits per heavy atom. The minimum atomic E-state index is -5.06. The van der Waals surface area contributed by atoms with Gasteiger partial charge in [-0.25, -0.2) is 9.97 Å². The summed E-state index contributed by atoms with van der Waals surface area (Å²) in [6.07, 6.45) is -0.606. The molecule has 0 saturated heterocycles. The predicted octanol–water partition coefficient (Wildman–Crippen LogP) is 7.36. The Kier molecular flexibility index (Phi) is 10.1. The Balaban J connectivity index is 1.80. The molecule has 2 heterocycles. The number of pyridine rings is 1. The number of nitrogens with zero attached hydrogens (tertiary/aromatic N) is 3. The molecule has 0 fully saturated rings. The lowest BCUT2D eigenvalue weighted by Crippen LogP contribution is -2.30. The molecular weight excluding hydrogens is 541 g/mol. The molecule has 1 amide bonds. The van der Waals surface area contributed by atoms with Crippen LogP contribution in [0.1, 0.15) is 79.5 Å². The van der Waals surface area contributed by atoms with E-state index in [2.05, 4.69) is 30.7 Å². The van der Waals surface area contributed by atoms with Gasteiger partial charge in [0.25, 0.3) is 0 Å². The van der Waals surface area contributed by atoms with Crippen molar-refractivity contribution >= 4 is 50.5 Å². The van der Waals surface area contributed by atoms with Crippen molar-refractivity contribution in [2.45, 2.75) is 86.2 Å². The number of rotatable bonds is 12. The number of nitrogens with one attached hydrogen (secondary N) is 1. The summed E-state index contributed by atoms with van der Waals surface area (Å²) in [4.78, 5) is 39.5. The van der Waals surface area contributed by atoms with E-state index in [1.807, 2.05) is 26.1 Å². The Bertz CT molecular complexity index is 1350. The smallest absolute Gasteiger partial charge is 0.412 e. The van der Waals surface area contributed by atoms with Gasteiger partial charge in [-0.05, 0) is 37.2 Å². The fourth-order valence-electron chi connectivity index (χ4n) is 4.81. The van der Waals surface area contributed by atoms with Crippen molar-refractivity contribution in [3.05, 3.63) is 30.1 Å². The molecule has 220 valence electrons. The fraction of sp³-hybridized carbons (Fsp3) is 0.586. The van der Waals surface area contributed by atoms with Crippen LogP contribution >= 0.6 is 11.8 Å². The largest absolute Gasteiger partial charge is 0.471 e. The van der Waals surface area contributed by atoms with Gasteiger partial charge in [-0.1, -0.05) is 77.9 Å². The first kappa shape index (κ1) is 31.7. The van der Waals surface area contributed by atoms with Crippen LogP contribution in [-0.4, -0.2) is 44.3 Å². The molecule has 0 unspecified atom stereocenters. The van der Waals surface area contributed by atoms with Gasteiger partial charge in [-0.3, -0.25) is 9.59 Å². The summed E-state index contributed by atoms with van der Waals surface area (Å²) in [7, 11) is 0. The molecule has 0 radical (unpaired) electrons. The summed E-state index contributed by atoms with van der Waals surface area (Å²) in [6, 6.07) is 6.98. The van der Waals surface area contributed by atoms with E-state index in [0.29, 0.717) is 47.4 Å². The summed E-state index contributed by atoms with van der Waals surface area (Å²) in [5, 5.41) is 2.72. The van der Waals surface area contributed by atoms with Gasteiger partial charge in [0.1, 0.15) is 23.5 Å². The molecule has 7 nitrogen and oxygen atoms in total. The van der Waals surface area contributed by atoms with Crippen molar-refractivity contribution in [2.24, 2.45) is 10.8 Å². The molecule has 3 rings (SSSR count). The molecule has 0 aliphatic rings. The van der Waals surface area contributed by atoms with E-state index in [0.717, 1.165) is 25.7 Å². The number of alkyl halides is 3. The molecular formula is C29H39F3N4O3S. The van der Waals surface area contributed by atoms with Crippen molar-refractivity contribution in [3.8, 4) is 0 Å². The van der Waals surface area contributed by atoms with E-state index in [-0.39, 0.29) is 21.9 Å². The first-order valence-electron chi connectivity index (χ1n) is 13.6. The summed E-state index contributed by atoms with van der Waals surface area (Å²) >= 11 is 1.35. The second kappa shape index (κ2) is 12.8. The van der Waals surface area contributed by atoms with Gasteiger partial charge in [0, 0.05) is 23.0 Å². The standard InChI is InChI=1S/C29H39F3N4O3S/c1-7-8-15-21-34-22-23(19-13-9-10-14-20(19)33-24(22)35-25(37)29(30,31)32)36(21)39-16-11-12-17-40-26(38)28(5,6)18-27(2,3)4/h9-10,13-14H,7-8,11-12,15-18H2,1-6H3,(H,33,35,37). The molecule has 0 spiro atoms. The monoisotopic (exact) mass is 580 g/mol. The average Bonchev–Trinajstić information content (AvgIpc) is 3.21. The minimum absolute atomic E-state index is 0.0612. The first-order chi connectivity index (χ1) is 18.6.